The van der Waals surface area contributed by atoms with Crippen LogP contribution < -0.4 is 10.1 Å². The third-order valence-corrected chi connectivity index (χ3v) is 4.36. The minimum absolute atomic E-state index is 0.281. The fraction of sp³-hybridized carbons (Fsp3) is 0.0435. The van der Waals surface area contributed by atoms with E-state index < -0.39 is 11.6 Å². The second-order valence-corrected chi connectivity index (χ2v) is 6.31. The Hall–Kier alpha value is -3.80. The second-order valence-electron chi connectivity index (χ2n) is 6.31. The van der Waals surface area contributed by atoms with E-state index in [1.165, 1.54) is 6.07 Å². The Kier molecular flexibility index (Phi) is 5.16. The fourth-order valence-corrected chi connectivity index (χ4v) is 2.87. The van der Waals surface area contributed by atoms with E-state index in [-0.39, 0.29) is 5.95 Å². The van der Waals surface area contributed by atoms with Crippen molar-refractivity contribution < 1.29 is 13.5 Å². The third-order valence-electron chi connectivity index (χ3n) is 4.36. The minimum atomic E-state index is -0.940. The van der Waals surface area contributed by atoms with Gasteiger partial charge in [0.2, 0.25) is 5.95 Å². The van der Waals surface area contributed by atoms with Crippen LogP contribution in [0.3, 0.4) is 0 Å². The van der Waals surface area contributed by atoms with E-state index in [1.54, 1.807) is 7.11 Å². The number of benzene rings is 3. The van der Waals surface area contributed by atoms with Crippen molar-refractivity contribution in [3.8, 4) is 28.3 Å². The van der Waals surface area contributed by atoms with E-state index in [0.29, 0.717) is 17.1 Å². The molecule has 0 saturated carbocycles. The van der Waals surface area contributed by atoms with Gasteiger partial charge >= 0.3 is 0 Å². The summed E-state index contributed by atoms with van der Waals surface area (Å²) in [6.45, 7) is 0. The molecule has 4 nitrogen and oxygen atoms in total. The van der Waals surface area contributed by atoms with Crippen molar-refractivity contribution in [3.05, 3.63) is 90.5 Å². The maximum atomic E-state index is 13.6. The van der Waals surface area contributed by atoms with E-state index in [1.807, 2.05) is 60.7 Å². The van der Waals surface area contributed by atoms with Crippen LogP contribution in [0.1, 0.15) is 0 Å². The van der Waals surface area contributed by atoms with E-state index in [2.05, 4.69) is 15.3 Å². The summed E-state index contributed by atoms with van der Waals surface area (Å²) < 4.78 is 32.0. The number of aromatic nitrogens is 2. The van der Waals surface area contributed by atoms with Gasteiger partial charge in [-0.15, -0.1) is 0 Å². The van der Waals surface area contributed by atoms with Crippen LogP contribution in [0.5, 0.6) is 5.75 Å². The maximum absolute atomic E-state index is 13.6. The lowest BCUT2D eigenvalue weighted by atomic mass is 10.1. The quantitative estimate of drug-likeness (QED) is 0.466. The van der Waals surface area contributed by atoms with Gasteiger partial charge in [0.05, 0.1) is 18.5 Å². The van der Waals surface area contributed by atoms with Crippen LogP contribution in [0.4, 0.5) is 20.4 Å². The molecule has 0 unspecified atom stereocenters. The highest BCUT2D eigenvalue weighted by atomic mass is 19.2. The van der Waals surface area contributed by atoms with Crippen molar-refractivity contribution in [1.82, 2.24) is 9.97 Å². The van der Waals surface area contributed by atoms with Gasteiger partial charge in [-0.25, -0.2) is 18.7 Å². The molecule has 144 valence electrons. The lowest BCUT2D eigenvalue weighted by Gasteiger charge is -2.11. The van der Waals surface area contributed by atoms with Crippen molar-refractivity contribution in [2.45, 2.75) is 0 Å². The van der Waals surface area contributed by atoms with Gasteiger partial charge in [0.1, 0.15) is 5.75 Å². The molecule has 0 atom stereocenters. The number of methoxy groups -OCH3 is 1. The van der Waals surface area contributed by atoms with Crippen molar-refractivity contribution >= 4 is 11.6 Å². The zero-order valence-electron chi connectivity index (χ0n) is 15.6. The predicted molar refractivity (Wildman–Crippen MR) is 109 cm³/mol. The summed E-state index contributed by atoms with van der Waals surface area (Å²) in [6, 6.07) is 22.6. The average molecular weight is 389 g/mol. The molecular weight excluding hydrogens is 372 g/mol. The molecule has 1 heterocycles. The molecule has 4 aromatic rings. The maximum Gasteiger partial charge on any atom is 0.228 e. The van der Waals surface area contributed by atoms with Crippen LogP contribution in [0.2, 0.25) is 0 Å². The third kappa shape index (κ3) is 4.21. The molecule has 0 aliphatic heterocycles. The van der Waals surface area contributed by atoms with E-state index in [9.17, 15) is 8.78 Å². The first-order valence-corrected chi connectivity index (χ1v) is 8.93. The predicted octanol–water partition coefficient (Wildman–Crippen LogP) is 5.84. The molecule has 3 aromatic carbocycles. The Morgan fingerprint density at radius 2 is 1.38 bits per heavy atom. The monoisotopic (exact) mass is 389 g/mol. The molecule has 0 aliphatic rings. The number of rotatable bonds is 5. The van der Waals surface area contributed by atoms with Gasteiger partial charge in [0.25, 0.3) is 0 Å². The normalized spacial score (nSPS) is 10.6. The first kappa shape index (κ1) is 18.6. The topological polar surface area (TPSA) is 47.0 Å². The van der Waals surface area contributed by atoms with Gasteiger partial charge in [-0.05, 0) is 42.5 Å². The zero-order valence-corrected chi connectivity index (χ0v) is 15.6. The molecule has 0 spiro atoms. The number of halogens is 2. The minimum Gasteiger partial charge on any atom is -0.497 e. The van der Waals surface area contributed by atoms with Crippen LogP contribution in [0.15, 0.2) is 78.9 Å². The molecule has 0 amide bonds. The summed E-state index contributed by atoms with van der Waals surface area (Å²) in [5.74, 6) is -0.826. The van der Waals surface area contributed by atoms with Crippen LogP contribution in [0.25, 0.3) is 22.5 Å². The van der Waals surface area contributed by atoms with Gasteiger partial charge in [-0.1, -0.05) is 30.3 Å². The van der Waals surface area contributed by atoms with Gasteiger partial charge in [0, 0.05) is 22.9 Å². The Morgan fingerprint density at radius 1 is 0.724 bits per heavy atom. The fourth-order valence-electron chi connectivity index (χ4n) is 2.87. The van der Waals surface area contributed by atoms with Gasteiger partial charge in [-0.2, -0.15) is 0 Å². The summed E-state index contributed by atoms with van der Waals surface area (Å²) >= 11 is 0. The van der Waals surface area contributed by atoms with Crippen molar-refractivity contribution in [1.29, 1.82) is 0 Å². The first-order valence-electron chi connectivity index (χ1n) is 8.93. The number of nitrogens with one attached hydrogen (secondary N) is 1. The molecular formula is C23H17F2N3O. The summed E-state index contributed by atoms with van der Waals surface area (Å²) in [7, 11) is 1.61. The summed E-state index contributed by atoms with van der Waals surface area (Å²) in [5, 5.41) is 2.96. The van der Waals surface area contributed by atoms with Gasteiger partial charge in [-0.3, -0.25) is 0 Å². The lowest BCUT2D eigenvalue weighted by molar-refractivity contribution is 0.415. The molecule has 1 aromatic heterocycles. The first-order chi connectivity index (χ1) is 14.1. The number of nitrogens with zero attached hydrogens (tertiary/aromatic N) is 2. The standard InChI is InChI=1S/C23H17F2N3O/c1-29-18-10-7-16(8-11-18)22-14-21(15-5-3-2-4-6-15)27-23(28-22)26-17-9-12-19(24)20(25)13-17/h2-14H,1H3,(H,26,27,28). The highest BCUT2D eigenvalue weighted by Gasteiger charge is 2.10. The molecule has 1 N–H and O–H groups in total. The highest BCUT2D eigenvalue weighted by Crippen LogP contribution is 2.27. The van der Waals surface area contributed by atoms with Crippen molar-refractivity contribution in [2.75, 3.05) is 12.4 Å². The van der Waals surface area contributed by atoms with Gasteiger partial charge in [0.15, 0.2) is 11.6 Å². The smallest absolute Gasteiger partial charge is 0.228 e. The van der Waals surface area contributed by atoms with Crippen LogP contribution in [0, 0.1) is 11.6 Å². The number of anilines is 2. The Labute approximate surface area is 166 Å². The summed E-state index contributed by atoms with van der Waals surface area (Å²) in [5.41, 5.74) is 3.54. The summed E-state index contributed by atoms with van der Waals surface area (Å²) in [4.78, 5) is 9.10. The summed E-state index contributed by atoms with van der Waals surface area (Å²) in [6.07, 6.45) is 0. The molecule has 0 fully saturated rings. The Balaban J connectivity index is 1.77. The second kappa shape index (κ2) is 8.06. The van der Waals surface area contributed by atoms with Crippen molar-refractivity contribution in [2.24, 2.45) is 0 Å². The Morgan fingerprint density at radius 3 is 2.00 bits per heavy atom. The average Bonchev–Trinajstić information content (AvgIpc) is 2.77. The van der Waals surface area contributed by atoms with Crippen LogP contribution in [-0.2, 0) is 0 Å². The van der Waals surface area contributed by atoms with Crippen LogP contribution in [-0.4, -0.2) is 17.1 Å². The zero-order chi connectivity index (χ0) is 20.2. The molecule has 0 saturated heterocycles. The van der Waals surface area contributed by atoms with E-state index in [4.69, 9.17) is 4.74 Å². The SMILES string of the molecule is COc1ccc(-c2cc(-c3ccccc3)nc(Nc3ccc(F)c(F)c3)n2)cc1. The molecule has 0 bridgehead atoms. The van der Waals surface area contributed by atoms with Gasteiger partial charge < -0.3 is 10.1 Å². The lowest BCUT2D eigenvalue weighted by Crippen LogP contribution is -2.01. The molecule has 4 rings (SSSR count). The number of hydrogen-bond donors (Lipinski definition) is 1. The highest BCUT2D eigenvalue weighted by molar-refractivity contribution is 5.71. The molecule has 6 heteroatoms. The Bertz CT molecular complexity index is 1130. The van der Waals surface area contributed by atoms with Crippen LogP contribution >= 0.6 is 0 Å². The van der Waals surface area contributed by atoms with E-state index in [0.717, 1.165) is 29.0 Å². The molecule has 0 aliphatic carbocycles. The molecule has 0 radical (unpaired) electrons. The largest absolute Gasteiger partial charge is 0.497 e. The molecule has 29 heavy (non-hydrogen) atoms. The van der Waals surface area contributed by atoms with E-state index >= 15 is 0 Å². The van der Waals surface area contributed by atoms with Crippen molar-refractivity contribution in [3.63, 3.8) is 0 Å². The number of hydrogen-bond acceptors (Lipinski definition) is 4. The number of ether oxygens (including phenoxy) is 1.